The van der Waals surface area contributed by atoms with Crippen molar-refractivity contribution in [2.24, 2.45) is 52.3 Å². The summed E-state index contributed by atoms with van der Waals surface area (Å²) in [6.45, 7) is 12.8. The van der Waals surface area contributed by atoms with Crippen LogP contribution in [0.1, 0.15) is 112 Å². The first-order valence-electron chi connectivity index (χ1n) is 13.3. The van der Waals surface area contributed by atoms with Crippen molar-refractivity contribution in [1.82, 2.24) is 0 Å². The van der Waals surface area contributed by atoms with Crippen molar-refractivity contribution in [3.05, 3.63) is 0 Å². The Morgan fingerprint density at radius 3 is 2.28 bits per heavy atom. The third-order valence-electron chi connectivity index (χ3n) is 11.2. The topological polar surface area (TPSA) is 9.23 Å². The average molecular weight is 403 g/mol. The Balaban J connectivity index is 1.45. The molecule has 9 atom stereocenters. The molecular formula is C28H50O. The fraction of sp³-hybridized carbons (Fsp3) is 1.00. The van der Waals surface area contributed by atoms with Gasteiger partial charge < -0.3 is 4.74 Å². The molecule has 0 radical (unpaired) electrons. The van der Waals surface area contributed by atoms with E-state index >= 15 is 0 Å². The summed E-state index contributed by atoms with van der Waals surface area (Å²) in [7, 11) is 1.94. The second-order valence-electron chi connectivity index (χ2n) is 12.8. The highest BCUT2D eigenvalue weighted by atomic mass is 16.5. The first-order valence-corrected chi connectivity index (χ1v) is 13.3. The van der Waals surface area contributed by atoms with Crippen molar-refractivity contribution in [2.75, 3.05) is 7.11 Å². The van der Waals surface area contributed by atoms with Crippen LogP contribution in [-0.2, 0) is 4.74 Å². The molecule has 0 saturated heterocycles. The first kappa shape index (κ1) is 22.2. The van der Waals surface area contributed by atoms with Gasteiger partial charge >= 0.3 is 0 Å². The molecule has 0 aliphatic heterocycles. The Hall–Kier alpha value is -0.0400. The highest BCUT2D eigenvalue weighted by molar-refractivity contribution is 5.09. The molecule has 0 N–H and O–H groups in total. The molecule has 4 aliphatic carbocycles. The van der Waals surface area contributed by atoms with E-state index in [-0.39, 0.29) is 0 Å². The van der Waals surface area contributed by atoms with Crippen LogP contribution in [0.2, 0.25) is 0 Å². The molecule has 0 aromatic heterocycles. The summed E-state index contributed by atoms with van der Waals surface area (Å²) in [5, 5.41) is 0. The average Bonchev–Trinajstić information content (AvgIpc) is 3.04. The normalized spacial score (nSPS) is 48.1. The van der Waals surface area contributed by atoms with Crippen LogP contribution in [0.15, 0.2) is 0 Å². The van der Waals surface area contributed by atoms with E-state index in [1.807, 2.05) is 7.11 Å². The molecule has 29 heavy (non-hydrogen) atoms. The van der Waals surface area contributed by atoms with Crippen molar-refractivity contribution < 1.29 is 4.74 Å². The molecule has 4 aliphatic rings. The maximum Gasteiger partial charge on any atom is 0.0574 e. The van der Waals surface area contributed by atoms with Gasteiger partial charge in [0.15, 0.2) is 0 Å². The molecule has 4 fully saturated rings. The van der Waals surface area contributed by atoms with Crippen molar-refractivity contribution in [1.29, 1.82) is 0 Å². The Labute approximate surface area is 182 Å². The van der Waals surface area contributed by atoms with Crippen molar-refractivity contribution in [3.63, 3.8) is 0 Å². The Kier molecular flexibility index (Phi) is 6.48. The minimum Gasteiger partial charge on any atom is -0.381 e. The fourth-order valence-corrected chi connectivity index (χ4v) is 9.46. The second-order valence-corrected chi connectivity index (χ2v) is 12.8. The standard InChI is InChI=1S/C28H50O/c1-19(2)8-7-9-20(3)24-12-13-25-23-11-10-21-18-22(29-6)14-16-27(21,4)26(23)15-17-28(24,25)5/h19-26H,7-18H2,1-6H3/t20-,21+,22+,23+,24-,25+,26?,27?,28?/m1/s1. The summed E-state index contributed by atoms with van der Waals surface area (Å²) < 4.78 is 5.79. The Morgan fingerprint density at radius 1 is 0.828 bits per heavy atom. The van der Waals surface area contributed by atoms with Gasteiger partial charge in [-0.3, -0.25) is 0 Å². The van der Waals surface area contributed by atoms with Gasteiger partial charge in [0.25, 0.3) is 0 Å². The summed E-state index contributed by atoms with van der Waals surface area (Å²) >= 11 is 0. The molecule has 4 saturated carbocycles. The summed E-state index contributed by atoms with van der Waals surface area (Å²) in [5.74, 6) is 6.79. The van der Waals surface area contributed by atoms with E-state index in [1.54, 1.807) is 0 Å². The summed E-state index contributed by atoms with van der Waals surface area (Å²) in [5.41, 5.74) is 1.26. The monoisotopic (exact) mass is 402 g/mol. The number of fused-ring (bicyclic) bond motifs is 5. The zero-order chi connectivity index (χ0) is 20.8. The summed E-state index contributed by atoms with van der Waals surface area (Å²) in [4.78, 5) is 0. The van der Waals surface area contributed by atoms with E-state index in [1.165, 1.54) is 77.0 Å². The van der Waals surface area contributed by atoms with Crippen molar-refractivity contribution >= 4 is 0 Å². The molecule has 1 heteroatoms. The molecular weight excluding hydrogens is 352 g/mol. The maximum atomic E-state index is 5.79. The van der Waals surface area contributed by atoms with Crippen LogP contribution in [0.25, 0.3) is 0 Å². The third kappa shape index (κ3) is 3.85. The molecule has 4 rings (SSSR count). The quantitative estimate of drug-likeness (QED) is 0.436. The highest BCUT2D eigenvalue weighted by Crippen LogP contribution is 2.68. The fourth-order valence-electron chi connectivity index (χ4n) is 9.46. The van der Waals surface area contributed by atoms with Crippen LogP contribution in [0.3, 0.4) is 0 Å². The molecule has 0 aromatic carbocycles. The number of hydrogen-bond acceptors (Lipinski definition) is 1. The van der Waals surface area contributed by atoms with E-state index in [2.05, 4.69) is 34.6 Å². The highest BCUT2D eigenvalue weighted by Gasteiger charge is 2.60. The first-order chi connectivity index (χ1) is 13.8. The number of rotatable bonds is 6. The van der Waals surface area contributed by atoms with Crippen LogP contribution in [0.5, 0.6) is 0 Å². The van der Waals surface area contributed by atoms with Gasteiger partial charge in [-0.05, 0) is 110 Å². The molecule has 0 aromatic rings. The van der Waals surface area contributed by atoms with Crippen LogP contribution in [-0.4, -0.2) is 13.2 Å². The SMILES string of the molecule is CO[C@H]1CCC2(C)C3CCC4(C)[C@@H]([C@H](C)CCCC(C)C)CC[C@H]4[C@@H]3CC[C@H]2C1. The lowest BCUT2D eigenvalue weighted by molar-refractivity contribution is -0.133. The lowest BCUT2D eigenvalue weighted by Crippen LogP contribution is -2.54. The molecule has 0 heterocycles. The van der Waals surface area contributed by atoms with Crippen LogP contribution in [0, 0.1) is 52.3 Å². The van der Waals surface area contributed by atoms with Crippen molar-refractivity contribution in [3.8, 4) is 0 Å². The van der Waals surface area contributed by atoms with Gasteiger partial charge in [0.05, 0.1) is 6.10 Å². The lowest BCUT2D eigenvalue weighted by Gasteiger charge is -2.61. The van der Waals surface area contributed by atoms with Gasteiger partial charge in [-0.25, -0.2) is 0 Å². The molecule has 0 bridgehead atoms. The smallest absolute Gasteiger partial charge is 0.0574 e. The van der Waals surface area contributed by atoms with E-state index < -0.39 is 0 Å². The molecule has 0 spiro atoms. The van der Waals surface area contributed by atoms with Gasteiger partial charge in [0.1, 0.15) is 0 Å². The second kappa shape index (κ2) is 8.48. The summed E-state index contributed by atoms with van der Waals surface area (Å²) in [6, 6.07) is 0. The van der Waals surface area contributed by atoms with Crippen LogP contribution < -0.4 is 0 Å². The molecule has 1 nitrogen and oxygen atoms in total. The van der Waals surface area contributed by atoms with E-state index in [0.717, 1.165) is 41.4 Å². The van der Waals surface area contributed by atoms with E-state index in [9.17, 15) is 0 Å². The third-order valence-corrected chi connectivity index (χ3v) is 11.2. The predicted molar refractivity (Wildman–Crippen MR) is 124 cm³/mol. The van der Waals surface area contributed by atoms with Gasteiger partial charge in [0.2, 0.25) is 0 Å². The van der Waals surface area contributed by atoms with Gasteiger partial charge in [-0.15, -0.1) is 0 Å². The minimum atomic E-state index is 0.543. The van der Waals surface area contributed by atoms with Crippen LogP contribution in [0.4, 0.5) is 0 Å². The van der Waals surface area contributed by atoms with Crippen molar-refractivity contribution in [2.45, 2.75) is 118 Å². The van der Waals surface area contributed by atoms with Gasteiger partial charge in [-0.2, -0.15) is 0 Å². The number of methoxy groups -OCH3 is 1. The minimum absolute atomic E-state index is 0.543. The largest absolute Gasteiger partial charge is 0.381 e. The molecule has 3 unspecified atom stereocenters. The van der Waals surface area contributed by atoms with E-state index in [4.69, 9.17) is 4.74 Å². The zero-order valence-corrected chi connectivity index (χ0v) is 20.5. The zero-order valence-electron chi connectivity index (χ0n) is 20.5. The maximum absolute atomic E-state index is 5.79. The molecule has 0 amide bonds. The van der Waals surface area contributed by atoms with E-state index in [0.29, 0.717) is 16.9 Å². The number of ether oxygens (including phenoxy) is 1. The predicted octanol–water partition coefficient (Wildman–Crippen LogP) is 8.12. The molecule has 168 valence electrons. The van der Waals surface area contributed by atoms with Gasteiger partial charge in [0, 0.05) is 7.11 Å². The summed E-state index contributed by atoms with van der Waals surface area (Å²) in [6.07, 6.45) is 18.1. The van der Waals surface area contributed by atoms with Crippen LogP contribution >= 0.6 is 0 Å². The Bertz CT molecular complexity index is 555. The Morgan fingerprint density at radius 2 is 1.55 bits per heavy atom. The number of hydrogen-bond donors (Lipinski definition) is 0. The van der Waals surface area contributed by atoms with Gasteiger partial charge in [-0.1, -0.05) is 53.9 Å². The lowest BCUT2D eigenvalue weighted by atomic mass is 9.44.